The van der Waals surface area contributed by atoms with Crippen LogP contribution in [-0.4, -0.2) is 73.7 Å². The second kappa shape index (κ2) is 58.6. The Morgan fingerprint density at radius 3 is 0.618 bits per heavy atom. The van der Waals surface area contributed by atoms with Crippen molar-refractivity contribution >= 4 is 95.0 Å². The zero-order valence-electron chi connectivity index (χ0n) is 76.4. The smallest absolute Gasteiger partial charge is 0.657 e. The summed E-state index contributed by atoms with van der Waals surface area (Å²) in [6.45, 7) is 6.25. The summed E-state index contributed by atoms with van der Waals surface area (Å²) >= 11 is 18.5. The van der Waals surface area contributed by atoms with Gasteiger partial charge in [0, 0.05) is 94.1 Å². The molecule has 0 aliphatic carbocycles. The molecule has 13 heterocycles. The van der Waals surface area contributed by atoms with Crippen LogP contribution in [0.2, 0.25) is 10.3 Å². The SMILES string of the molecule is CCC.CN1C=CN(C)[CH-]1.Clc1cccc(-c2[c-]c(-c3ccccn3)ccc2)n1.Clc1cccc(-c2[c-]c(-c3ccccn3)ccc2)n1.F[P-](F)(F)(F)(F)F.Fc1cccc(-c2[c-]c(-c3ccccn3)ccc2)n1.Fc1cccc(-c2[c-]c(-c3ccccn3)ccc2)n1.[Cl][Ni].[Cl][Ni].[Ni+2].[Ni+2].[Ni+2].[c-]1c(-c2ccccn2)cccc1-c1ccccn1.c1ccc2c(c1)[n-]c1ccccc12.c1ccc2c(c1)[n-]c1ccccc12. The first-order valence-electron chi connectivity index (χ1n) is 43.0. The van der Waals surface area contributed by atoms with Gasteiger partial charge in [0.05, 0.1) is 0 Å². The van der Waals surface area contributed by atoms with Crippen LogP contribution in [0.4, 0.5) is 34.0 Å². The number of aromatic nitrogens is 12. The van der Waals surface area contributed by atoms with Crippen LogP contribution in [0, 0.1) is 48.9 Å². The number of fused-ring (bicyclic) bond motifs is 6. The van der Waals surface area contributed by atoms with Crippen molar-refractivity contribution in [2.45, 2.75) is 20.3 Å². The Kier molecular flexibility index (Phi) is 47.3. The first-order chi connectivity index (χ1) is 68.3. The molecule has 0 unspecified atom stereocenters. The second-order valence-electron chi connectivity index (χ2n) is 29.8. The fourth-order valence-electron chi connectivity index (χ4n) is 13.2. The van der Waals surface area contributed by atoms with E-state index >= 15 is 0 Å². The molecule has 0 fully saturated rings. The number of para-hydroxylation sites is 4. The van der Waals surface area contributed by atoms with Crippen molar-refractivity contribution in [2.75, 3.05) is 14.1 Å². The molecule has 0 atom stereocenters. The normalized spacial score (nSPS) is 11.0. The third kappa shape index (κ3) is 38.6. The van der Waals surface area contributed by atoms with Crippen LogP contribution in [0.15, 0.2) is 420 Å². The Morgan fingerprint density at radius 1 is 0.264 bits per heavy atom. The Hall–Kier alpha value is -13.1. The predicted octanol–water partition coefficient (Wildman–Crippen LogP) is 32.2. The molecular weight excluding hydrogens is 2160 g/mol. The van der Waals surface area contributed by atoms with Gasteiger partial charge in [-0.25, -0.2) is 0 Å². The summed E-state index contributed by atoms with van der Waals surface area (Å²) in [7, 11) is 1.87. The van der Waals surface area contributed by atoms with Crippen LogP contribution in [0.3, 0.4) is 0 Å². The Bertz CT molecular complexity index is 6700. The zero-order valence-corrected chi connectivity index (χ0v) is 85.3. The molecule has 144 heavy (non-hydrogen) atoms. The summed E-state index contributed by atoms with van der Waals surface area (Å²) in [5.74, 6) is -0.983. The van der Waals surface area contributed by atoms with E-state index in [1.54, 1.807) is 73.6 Å². The van der Waals surface area contributed by atoms with Gasteiger partial charge >= 0.3 is 132 Å². The van der Waals surface area contributed by atoms with E-state index in [0.717, 1.165) is 123 Å². The maximum atomic E-state index is 13.1. The van der Waals surface area contributed by atoms with Gasteiger partial charge in [-0.1, -0.05) is 317 Å². The van der Waals surface area contributed by atoms with Gasteiger partial charge < -0.3 is 19.8 Å². The van der Waals surface area contributed by atoms with Gasteiger partial charge in [-0.05, 0) is 109 Å². The van der Waals surface area contributed by atoms with Crippen molar-refractivity contribution in [1.82, 2.24) is 69.6 Å². The van der Waals surface area contributed by atoms with Gasteiger partial charge in [0.1, 0.15) is 10.3 Å². The molecule has 12 aromatic heterocycles. The average Bonchev–Trinajstić information content (AvgIpc) is 1.69. The summed E-state index contributed by atoms with van der Waals surface area (Å²) in [5.41, 5.74) is 21.3. The van der Waals surface area contributed by atoms with E-state index in [1.807, 2.05) is 292 Å². The average molecular weight is 2240 g/mol. The van der Waals surface area contributed by atoms with E-state index in [0.29, 0.717) is 21.7 Å². The number of hydrogen-bond acceptors (Lipinski definition) is 12. The van der Waals surface area contributed by atoms with Crippen molar-refractivity contribution in [1.29, 1.82) is 0 Å². The Labute approximate surface area is 895 Å². The van der Waals surface area contributed by atoms with Gasteiger partial charge in [-0.15, -0.1) is 143 Å². The monoisotopic (exact) mass is 2240 g/mol. The predicted molar refractivity (Wildman–Crippen MR) is 548 cm³/mol. The molecule has 22 rings (SSSR count). The molecule has 9 aromatic carbocycles. The van der Waals surface area contributed by atoms with E-state index in [9.17, 15) is 34.0 Å². The number of halogens is 12. The molecule has 1 aliphatic rings. The largest absolute Gasteiger partial charge is 2.00 e. The molecular formula is C112H84Cl4F8N14Ni5P-3. The van der Waals surface area contributed by atoms with E-state index in [2.05, 4.69) is 226 Å². The van der Waals surface area contributed by atoms with E-state index in [1.165, 1.54) is 40.1 Å². The van der Waals surface area contributed by atoms with Crippen LogP contribution in [-0.2, 0) is 78.6 Å². The summed E-state index contributed by atoms with van der Waals surface area (Å²) in [4.78, 5) is 55.2. The van der Waals surface area contributed by atoms with Crippen molar-refractivity contribution in [3.63, 3.8) is 0 Å². The van der Waals surface area contributed by atoms with Crippen LogP contribution < -0.4 is 9.97 Å². The van der Waals surface area contributed by atoms with Gasteiger partial charge in [0.25, 0.3) is 0 Å². The molecule has 0 amide bonds. The Morgan fingerprint density at radius 2 is 0.438 bits per heavy atom. The van der Waals surface area contributed by atoms with Crippen molar-refractivity contribution in [2.24, 2.45) is 0 Å². The minimum Gasteiger partial charge on any atom is -0.657 e. The minimum atomic E-state index is -10.7. The molecule has 1 aliphatic heterocycles. The fourth-order valence-corrected chi connectivity index (χ4v) is 13.6. The van der Waals surface area contributed by atoms with Gasteiger partial charge in [-0.3, -0.25) is 49.8 Å². The quantitative estimate of drug-likeness (QED) is 0.0418. The minimum absolute atomic E-state index is 0. The molecule has 0 N–H and O–H groups in total. The summed E-state index contributed by atoms with van der Waals surface area (Å²) in [6.07, 6.45) is 15.8. The molecule has 0 bridgehead atoms. The standard InChI is InChI=1S/2C16H10ClN2.2C16H10FN2.C16H11N2.2C12H8N.C5H9N2.C3H8.2ClH.F6P.5Ni/c4*17-16-9-4-8-15(19-16)13-6-3-5-12(11-13)14-7-1-2-10-18-14;1-3-10-17-15(8-1)13-6-5-7-14(12-13)16-9-2-4-11-18-16;2*1-3-7-11-9(5-1)10-6-2-4-8-12(10)13-11;1-6-3-4-7(2)5-6;1-3-2;;;1-7(2,3,4,5)6;;;;;/h4*1-10H;1-11H;2*1-8H;3-5H,1-2H3;3H2,1-2H3;2*1H;;;;;;/q8*-1;;;;-1;2*+1;3*+2/p-2. The first-order valence-corrected chi connectivity index (χ1v) is 48.5. The van der Waals surface area contributed by atoms with Crippen molar-refractivity contribution in [3.8, 4) is 113 Å². The number of hydrogen-bond donors (Lipinski definition) is 0. The molecule has 0 radical (unpaired) electrons. The van der Waals surface area contributed by atoms with Gasteiger partial charge in [0.2, 0.25) is 11.9 Å². The van der Waals surface area contributed by atoms with Crippen LogP contribution in [0.1, 0.15) is 20.3 Å². The van der Waals surface area contributed by atoms with Gasteiger partial charge in [-0.2, -0.15) is 15.4 Å². The molecule has 14 nitrogen and oxygen atoms in total. The zero-order chi connectivity index (χ0) is 100. The summed E-state index contributed by atoms with van der Waals surface area (Å²) in [5, 5.41) is 5.95. The fraction of sp³-hybridized carbons (Fsp3) is 0.0446. The number of pyridine rings is 10. The van der Waals surface area contributed by atoms with Crippen LogP contribution >= 0.6 is 51.4 Å². The topological polar surface area (TPSA) is 164 Å². The van der Waals surface area contributed by atoms with Crippen molar-refractivity contribution < 1.29 is 113 Å². The molecule has 0 spiro atoms. The maximum absolute atomic E-state index is 13.1. The van der Waals surface area contributed by atoms with E-state index < -0.39 is 19.7 Å². The molecule has 0 saturated heterocycles. The summed E-state index contributed by atoms with van der Waals surface area (Å²) in [6, 6.07) is 134. The maximum Gasteiger partial charge on any atom is 2.00 e. The van der Waals surface area contributed by atoms with E-state index in [4.69, 9.17) is 23.2 Å². The molecule has 21 aromatic rings. The third-order valence-electron chi connectivity index (χ3n) is 19.2. The molecule has 32 heteroatoms. The number of nitrogens with zero attached hydrogens (tertiary/aromatic N) is 14. The van der Waals surface area contributed by atoms with Gasteiger partial charge in [0.15, 0.2) is 0 Å². The second-order valence-corrected chi connectivity index (χ2v) is 32.5. The first kappa shape index (κ1) is 116. The number of rotatable bonds is 10. The molecule has 0 saturated carbocycles. The third-order valence-corrected chi connectivity index (χ3v) is 19.6. The van der Waals surface area contributed by atoms with Crippen LogP contribution in [0.25, 0.3) is 156 Å². The molecule has 744 valence electrons. The van der Waals surface area contributed by atoms with Crippen LogP contribution in [0.5, 0.6) is 0 Å². The summed E-state index contributed by atoms with van der Waals surface area (Å²) < 4.78 is 85.5. The van der Waals surface area contributed by atoms with E-state index in [-0.39, 0.29) is 49.5 Å². The number of benzene rings is 9. The van der Waals surface area contributed by atoms with Crippen molar-refractivity contribution in [3.05, 3.63) is 479 Å². The Balaban J connectivity index is 0.000000198.